The van der Waals surface area contributed by atoms with Crippen molar-refractivity contribution in [1.82, 2.24) is 5.32 Å². The molecule has 1 aromatic carbocycles. The van der Waals surface area contributed by atoms with Crippen molar-refractivity contribution in [3.63, 3.8) is 0 Å². The molecule has 0 aliphatic carbocycles. The Morgan fingerprint density at radius 3 is 2.04 bits per heavy atom. The second-order valence-corrected chi connectivity index (χ2v) is 12.6. The topological polar surface area (TPSA) is 166 Å². The molecule has 49 heavy (non-hydrogen) atoms. The van der Waals surface area contributed by atoms with Gasteiger partial charge in [-0.3, -0.25) is 14.4 Å². The van der Waals surface area contributed by atoms with Gasteiger partial charge in [0.1, 0.15) is 24.2 Å². The van der Waals surface area contributed by atoms with Crippen LogP contribution in [0.15, 0.2) is 48.1 Å². The summed E-state index contributed by atoms with van der Waals surface area (Å²) in [5, 5.41) is 23.7. The first-order valence-electron chi connectivity index (χ1n) is 17.3. The molecule has 11 nitrogen and oxygen atoms in total. The van der Waals surface area contributed by atoms with Crippen LogP contribution in [0.5, 0.6) is 5.75 Å². The zero-order chi connectivity index (χ0) is 36.7. The van der Waals surface area contributed by atoms with Gasteiger partial charge in [0.05, 0.1) is 26.6 Å². The van der Waals surface area contributed by atoms with Crippen molar-refractivity contribution in [2.45, 2.75) is 122 Å². The average molecular weight is 688 g/mol. The number of hydrogen-bond donors (Lipinski definition) is 3. The molecule has 0 saturated carbocycles. The third-order valence-corrected chi connectivity index (χ3v) is 8.18. The van der Waals surface area contributed by atoms with E-state index in [1.54, 1.807) is 30.3 Å². The highest BCUT2D eigenvalue weighted by atomic mass is 16.5. The number of carbonyl (C=O) groups is 5. The number of ether oxygens (including phenoxy) is 3. The molecule has 11 heteroatoms. The van der Waals surface area contributed by atoms with Gasteiger partial charge in [-0.25, -0.2) is 9.59 Å². The summed E-state index contributed by atoms with van der Waals surface area (Å²) in [7, 11) is 2.20. The van der Waals surface area contributed by atoms with Crippen molar-refractivity contribution in [3.8, 4) is 5.75 Å². The molecule has 1 aromatic rings. The zero-order valence-electron chi connectivity index (χ0n) is 30.0. The number of Topliss-reactive ketones (excluding diaryl/α,β-unsaturated/α-hetero) is 1. The van der Waals surface area contributed by atoms with Gasteiger partial charge in [-0.05, 0) is 63.3 Å². The molecule has 0 radical (unpaired) electrons. The normalized spacial score (nSPS) is 13.5. The van der Waals surface area contributed by atoms with Gasteiger partial charge < -0.3 is 29.7 Å². The summed E-state index contributed by atoms with van der Waals surface area (Å²) in [5.74, 6) is -5.41. The van der Waals surface area contributed by atoms with E-state index in [4.69, 9.17) is 9.47 Å². The van der Waals surface area contributed by atoms with Gasteiger partial charge in [0.15, 0.2) is 5.60 Å². The Kier molecular flexibility index (Phi) is 21.2. The van der Waals surface area contributed by atoms with Crippen molar-refractivity contribution in [3.05, 3.63) is 53.6 Å². The summed E-state index contributed by atoms with van der Waals surface area (Å²) < 4.78 is 15.2. The maximum Gasteiger partial charge on any atom is 0.337 e. The number of unbranched alkanes of at least 4 members (excludes halogenated alkanes) is 8. The van der Waals surface area contributed by atoms with E-state index in [0.717, 1.165) is 51.9 Å². The Labute approximate surface area is 291 Å². The Morgan fingerprint density at radius 2 is 1.49 bits per heavy atom. The second-order valence-electron chi connectivity index (χ2n) is 12.6. The van der Waals surface area contributed by atoms with E-state index >= 15 is 0 Å². The van der Waals surface area contributed by atoms with E-state index in [-0.39, 0.29) is 12.2 Å². The monoisotopic (exact) mass is 687 g/mol. The zero-order valence-corrected chi connectivity index (χ0v) is 30.0. The van der Waals surface area contributed by atoms with Crippen LogP contribution >= 0.6 is 0 Å². The summed E-state index contributed by atoms with van der Waals surface area (Å²) >= 11 is 0. The summed E-state index contributed by atoms with van der Waals surface area (Å²) in [6.07, 6.45) is 14.2. The van der Waals surface area contributed by atoms with Crippen molar-refractivity contribution in [1.29, 1.82) is 0 Å². The van der Waals surface area contributed by atoms with E-state index in [9.17, 15) is 34.2 Å². The average Bonchev–Trinajstić information content (AvgIpc) is 3.07. The molecule has 3 atom stereocenters. The van der Waals surface area contributed by atoms with Crippen molar-refractivity contribution in [2.24, 2.45) is 5.92 Å². The molecule has 0 unspecified atom stereocenters. The van der Waals surface area contributed by atoms with E-state index in [0.29, 0.717) is 43.6 Å². The SMILES string of the molecule is CCCCCCCC(=O)CCCCCCC=C[C@H](C(=O)N[C@@H](Cc1ccc(OCC=C(C)C)cc1)C(=O)OC)[C@@](O)(CC(=O)OC)C(=O)O. The number of carbonyl (C=O) groups excluding carboxylic acids is 4. The first kappa shape index (κ1) is 43.0. The predicted octanol–water partition coefficient (Wildman–Crippen LogP) is 6.05. The van der Waals surface area contributed by atoms with Crippen LogP contribution in [0.25, 0.3) is 0 Å². The number of rotatable bonds is 26. The van der Waals surface area contributed by atoms with E-state index in [2.05, 4.69) is 17.0 Å². The lowest BCUT2D eigenvalue weighted by Crippen LogP contribution is -2.55. The third kappa shape index (κ3) is 17.3. The summed E-state index contributed by atoms with van der Waals surface area (Å²) in [5.41, 5.74) is -1.07. The number of amides is 1. The van der Waals surface area contributed by atoms with Gasteiger partial charge in [-0.2, -0.15) is 0 Å². The highest BCUT2D eigenvalue weighted by molar-refractivity contribution is 5.95. The lowest BCUT2D eigenvalue weighted by Gasteiger charge is -2.30. The van der Waals surface area contributed by atoms with Crippen molar-refractivity contribution in [2.75, 3.05) is 20.8 Å². The van der Waals surface area contributed by atoms with Crippen LogP contribution in [0.1, 0.15) is 110 Å². The number of benzene rings is 1. The number of hydrogen-bond acceptors (Lipinski definition) is 9. The maximum absolute atomic E-state index is 13.6. The third-order valence-electron chi connectivity index (χ3n) is 8.18. The standard InChI is InChI=1S/C38H57NO10/c1-6-7-8-11-14-17-30(40)18-15-12-9-10-13-16-19-32(38(46,37(44)45)27-34(41)47-4)35(42)39-33(36(43)48-5)26-29-20-22-31(23-21-29)49-25-24-28(2)3/h16,19-24,32-33,46H,6-15,17-18,25-27H2,1-5H3,(H,39,42)(H,44,45)/t32-,33+,38+/m1/s1. The number of aliphatic carboxylic acids is 1. The fourth-order valence-corrected chi connectivity index (χ4v) is 5.15. The van der Waals surface area contributed by atoms with Gasteiger partial charge in [0, 0.05) is 19.3 Å². The van der Waals surface area contributed by atoms with Crippen LogP contribution in [0.2, 0.25) is 0 Å². The molecule has 1 rings (SSSR count). The quantitative estimate of drug-likeness (QED) is 0.0593. The van der Waals surface area contributed by atoms with E-state index < -0.39 is 47.8 Å². The summed E-state index contributed by atoms with van der Waals surface area (Å²) in [6.45, 7) is 6.49. The number of carboxylic acid groups (broad SMARTS) is 1. The Balaban J connectivity index is 2.94. The van der Waals surface area contributed by atoms with Crippen molar-refractivity contribution < 1.29 is 48.4 Å². The van der Waals surface area contributed by atoms with Gasteiger partial charge in [0.2, 0.25) is 5.91 Å². The van der Waals surface area contributed by atoms with Crippen LogP contribution in [-0.4, -0.2) is 72.3 Å². The van der Waals surface area contributed by atoms with Crippen LogP contribution in [0, 0.1) is 5.92 Å². The second kappa shape index (κ2) is 24.2. The van der Waals surface area contributed by atoms with Gasteiger partial charge in [0.25, 0.3) is 0 Å². The number of nitrogens with one attached hydrogen (secondary N) is 1. The molecule has 0 spiro atoms. The minimum Gasteiger partial charge on any atom is -0.490 e. The molecule has 0 heterocycles. The van der Waals surface area contributed by atoms with Gasteiger partial charge >= 0.3 is 17.9 Å². The van der Waals surface area contributed by atoms with Crippen molar-refractivity contribution >= 4 is 29.6 Å². The number of ketones is 1. The Hall–Kier alpha value is -3.99. The maximum atomic E-state index is 13.6. The largest absolute Gasteiger partial charge is 0.490 e. The molecule has 0 aliphatic rings. The molecule has 0 bridgehead atoms. The number of carboxylic acids is 1. The van der Waals surface area contributed by atoms with Crippen LogP contribution in [0.4, 0.5) is 0 Å². The minimum atomic E-state index is -2.85. The molecule has 274 valence electrons. The molecule has 0 saturated heterocycles. The molecule has 1 amide bonds. The number of methoxy groups -OCH3 is 2. The molecule has 0 aliphatic heterocycles. The first-order chi connectivity index (χ1) is 23.4. The molecular formula is C38H57NO10. The number of aliphatic hydroxyl groups is 1. The minimum absolute atomic E-state index is 0.00690. The molecular weight excluding hydrogens is 630 g/mol. The molecule has 0 fully saturated rings. The number of allylic oxidation sites excluding steroid dienone is 2. The van der Waals surface area contributed by atoms with E-state index in [1.165, 1.54) is 25.3 Å². The van der Waals surface area contributed by atoms with E-state index in [1.807, 2.05) is 19.9 Å². The molecule has 0 aromatic heterocycles. The predicted molar refractivity (Wildman–Crippen MR) is 187 cm³/mol. The summed E-state index contributed by atoms with van der Waals surface area (Å²) in [4.78, 5) is 62.8. The number of esters is 2. The Bertz CT molecular complexity index is 1240. The van der Waals surface area contributed by atoms with Gasteiger partial charge in [-0.15, -0.1) is 0 Å². The highest BCUT2D eigenvalue weighted by Gasteiger charge is 2.49. The lowest BCUT2D eigenvalue weighted by atomic mass is 9.82. The molecule has 3 N–H and O–H groups in total. The fraction of sp³-hybridized carbons (Fsp3) is 0.605. The summed E-state index contributed by atoms with van der Waals surface area (Å²) in [6, 6.07) is 5.69. The highest BCUT2D eigenvalue weighted by Crippen LogP contribution is 2.26. The van der Waals surface area contributed by atoms with Crippen LogP contribution in [0.3, 0.4) is 0 Å². The van der Waals surface area contributed by atoms with Crippen LogP contribution < -0.4 is 10.1 Å². The van der Waals surface area contributed by atoms with Gasteiger partial charge in [-0.1, -0.05) is 75.3 Å². The fourth-order valence-electron chi connectivity index (χ4n) is 5.15. The Morgan fingerprint density at radius 1 is 0.878 bits per heavy atom. The lowest BCUT2D eigenvalue weighted by molar-refractivity contribution is -0.173. The smallest absolute Gasteiger partial charge is 0.337 e. The first-order valence-corrected chi connectivity index (χ1v) is 17.3. The van der Waals surface area contributed by atoms with Crippen LogP contribution in [-0.2, 0) is 39.9 Å².